The third-order valence-corrected chi connectivity index (χ3v) is 6.74. The summed E-state index contributed by atoms with van der Waals surface area (Å²) in [4.78, 5) is 19.8. The zero-order valence-electron chi connectivity index (χ0n) is 16.4. The number of para-hydroxylation sites is 2. The van der Waals surface area contributed by atoms with Crippen LogP contribution in [0.25, 0.3) is 43.3 Å². The van der Waals surface area contributed by atoms with Crippen LogP contribution in [0.1, 0.15) is 9.67 Å². The van der Waals surface area contributed by atoms with Gasteiger partial charge in [0.15, 0.2) is 0 Å². The van der Waals surface area contributed by atoms with Crippen LogP contribution in [0.4, 0.5) is 5.69 Å². The maximum Gasteiger partial charge on any atom is 0.275 e. The summed E-state index contributed by atoms with van der Waals surface area (Å²) in [6.07, 6.45) is 0. The van der Waals surface area contributed by atoms with E-state index < -0.39 is 0 Å². The number of nitrogens with two attached hydrogens (primary N) is 1. The van der Waals surface area contributed by atoms with Gasteiger partial charge in [-0.25, -0.2) is 4.98 Å². The zero-order chi connectivity index (χ0) is 20.9. The molecule has 3 heterocycles. The molecule has 0 saturated heterocycles. The second kappa shape index (κ2) is 6.79. The van der Waals surface area contributed by atoms with Gasteiger partial charge in [0.2, 0.25) is 0 Å². The van der Waals surface area contributed by atoms with Crippen molar-refractivity contribution >= 4 is 55.0 Å². The Labute approximate surface area is 182 Å². The predicted octanol–water partition coefficient (Wildman–Crippen LogP) is 6.34. The van der Waals surface area contributed by atoms with Crippen LogP contribution in [0, 0.1) is 0 Å². The van der Waals surface area contributed by atoms with Crippen molar-refractivity contribution < 1.29 is 4.79 Å². The highest BCUT2D eigenvalue weighted by molar-refractivity contribution is 7.21. The molecule has 6 aromatic rings. The average Bonchev–Trinajstić information content (AvgIpc) is 3.34. The number of aromatic nitrogens is 2. The Balaban J connectivity index is 1.56. The van der Waals surface area contributed by atoms with Crippen molar-refractivity contribution in [3.8, 4) is 11.3 Å². The van der Waals surface area contributed by atoms with Crippen LogP contribution in [0.15, 0.2) is 91.0 Å². The molecule has 3 aromatic carbocycles. The number of carbonyl (C=O) groups excluding carboxylic acids is 1. The molecule has 5 heteroatoms. The molecule has 4 nitrogen and oxygen atoms in total. The summed E-state index contributed by atoms with van der Waals surface area (Å²) in [6, 6.07) is 29.8. The number of hydrogen-bond donors (Lipinski definition) is 1. The monoisotopic (exact) mass is 419 g/mol. The Hall–Kier alpha value is -3.96. The normalized spacial score (nSPS) is 11.5. The molecule has 0 bridgehead atoms. The number of nitrogens with zero attached hydrogens (tertiary/aromatic N) is 2. The maximum atomic E-state index is 13.7. The van der Waals surface area contributed by atoms with E-state index in [4.69, 9.17) is 10.7 Å². The van der Waals surface area contributed by atoms with Crippen LogP contribution in [0.2, 0.25) is 0 Å². The van der Waals surface area contributed by atoms with E-state index in [9.17, 15) is 4.79 Å². The van der Waals surface area contributed by atoms with Crippen LogP contribution in [-0.2, 0) is 0 Å². The Kier molecular flexibility index (Phi) is 3.91. The van der Waals surface area contributed by atoms with E-state index in [-0.39, 0.29) is 5.91 Å². The molecule has 6 rings (SSSR count). The highest BCUT2D eigenvalue weighted by atomic mass is 32.1. The molecule has 0 aliphatic carbocycles. The van der Waals surface area contributed by atoms with Crippen LogP contribution < -0.4 is 5.73 Å². The van der Waals surface area contributed by atoms with Crippen molar-refractivity contribution in [2.24, 2.45) is 0 Å². The molecule has 0 aliphatic rings. The molecule has 0 saturated carbocycles. The lowest BCUT2D eigenvalue weighted by Crippen LogP contribution is -2.11. The Morgan fingerprint density at radius 3 is 2.03 bits per heavy atom. The highest BCUT2D eigenvalue weighted by Gasteiger charge is 2.23. The van der Waals surface area contributed by atoms with E-state index in [2.05, 4.69) is 0 Å². The van der Waals surface area contributed by atoms with Gasteiger partial charge in [-0.2, -0.15) is 0 Å². The van der Waals surface area contributed by atoms with E-state index in [0.717, 1.165) is 43.3 Å². The average molecular weight is 420 g/mol. The minimum atomic E-state index is -0.126. The molecule has 0 radical (unpaired) electrons. The lowest BCUT2D eigenvalue weighted by Gasteiger charge is -2.05. The summed E-state index contributed by atoms with van der Waals surface area (Å²) in [7, 11) is 0. The smallest absolute Gasteiger partial charge is 0.275 e. The SMILES string of the molecule is Nc1c(C(=O)n2c3ccccc3c3ccccc32)sc2nc(-c3ccccc3)ccc12. The number of pyridine rings is 1. The zero-order valence-corrected chi connectivity index (χ0v) is 17.3. The fraction of sp³-hybridized carbons (Fsp3) is 0. The lowest BCUT2D eigenvalue weighted by atomic mass is 10.1. The molecule has 2 N–H and O–H groups in total. The van der Waals surface area contributed by atoms with Crippen molar-refractivity contribution in [1.29, 1.82) is 0 Å². The number of fused-ring (bicyclic) bond motifs is 4. The number of carbonyl (C=O) groups is 1. The summed E-state index contributed by atoms with van der Waals surface area (Å²) in [5, 5.41) is 2.92. The largest absolute Gasteiger partial charge is 0.397 e. The Bertz CT molecular complexity index is 1560. The molecule has 0 fully saturated rings. The second-order valence-corrected chi connectivity index (χ2v) is 8.43. The van der Waals surface area contributed by atoms with Gasteiger partial charge < -0.3 is 5.73 Å². The molecule has 0 spiro atoms. The Morgan fingerprint density at radius 1 is 0.742 bits per heavy atom. The van der Waals surface area contributed by atoms with Crippen molar-refractivity contribution in [3.05, 3.63) is 95.9 Å². The molecular weight excluding hydrogens is 402 g/mol. The van der Waals surface area contributed by atoms with Gasteiger partial charge in [-0.1, -0.05) is 66.7 Å². The first-order chi connectivity index (χ1) is 15.2. The van der Waals surface area contributed by atoms with Crippen LogP contribution in [-0.4, -0.2) is 15.5 Å². The van der Waals surface area contributed by atoms with Crippen molar-refractivity contribution in [1.82, 2.24) is 9.55 Å². The summed E-state index contributed by atoms with van der Waals surface area (Å²) in [5.41, 5.74) is 10.6. The van der Waals surface area contributed by atoms with E-state index in [0.29, 0.717) is 10.6 Å². The van der Waals surface area contributed by atoms with Crippen LogP contribution in [0.5, 0.6) is 0 Å². The fourth-order valence-corrected chi connectivity index (χ4v) is 5.19. The topological polar surface area (TPSA) is 60.9 Å². The molecule has 0 atom stereocenters. The molecule has 0 unspecified atom stereocenters. The first-order valence-electron chi connectivity index (χ1n) is 10.00. The minimum Gasteiger partial charge on any atom is -0.397 e. The molecule has 3 aromatic heterocycles. The van der Waals surface area contributed by atoms with Gasteiger partial charge in [0.25, 0.3) is 5.91 Å². The van der Waals surface area contributed by atoms with Crippen LogP contribution >= 0.6 is 11.3 Å². The number of anilines is 1. The van der Waals surface area contributed by atoms with Gasteiger partial charge in [0.05, 0.1) is 22.4 Å². The maximum absolute atomic E-state index is 13.7. The minimum absolute atomic E-state index is 0.126. The quantitative estimate of drug-likeness (QED) is 0.356. The van der Waals surface area contributed by atoms with E-state index in [1.54, 1.807) is 4.57 Å². The van der Waals surface area contributed by atoms with Crippen molar-refractivity contribution in [2.45, 2.75) is 0 Å². The number of nitrogen functional groups attached to an aromatic ring is 1. The number of hydrogen-bond acceptors (Lipinski definition) is 4. The molecule has 31 heavy (non-hydrogen) atoms. The predicted molar refractivity (Wildman–Crippen MR) is 129 cm³/mol. The van der Waals surface area contributed by atoms with E-state index in [1.807, 2.05) is 91.0 Å². The fourth-order valence-electron chi connectivity index (χ4n) is 4.17. The van der Waals surface area contributed by atoms with Gasteiger partial charge >= 0.3 is 0 Å². The van der Waals surface area contributed by atoms with E-state index in [1.165, 1.54) is 11.3 Å². The van der Waals surface area contributed by atoms with Gasteiger partial charge in [0, 0.05) is 21.7 Å². The van der Waals surface area contributed by atoms with Crippen molar-refractivity contribution in [3.63, 3.8) is 0 Å². The number of thiophene rings is 1. The molecule has 0 aliphatic heterocycles. The van der Waals surface area contributed by atoms with Gasteiger partial charge in [0.1, 0.15) is 9.71 Å². The van der Waals surface area contributed by atoms with E-state index >= 15 is 0 Å². The van der Waals surface area contributed by atoms with Gasteiger partial charge in [-0.05, 0) is 24.3 Å². The first kappa shape index (κ1) is 17.9. The summed E-state index contributed by atoms with van der Waals surface area (Å²) in [5.74, 6) is -0.126. The van der Waals surface area contributed by atoms with Gasteiger partial charge in [-0.3, -0.25) is 9.36 Å². The first-order valence-corrected chi connectivity index (χ1v) is 10.8. The molecular formula is C26H17N3OS. The van der Waals surface area contributed by atoms with Crippen molar-refractivity contribution in [2.75, 3.05) is 5.73 Å². The van der Waals surface area contributed by atoms with Gasteiger partial charge in [-0.15, -0.1) is 11.3 Å². The third kappa shape index (κ3) is 2.67. The summed E-state index contributed by atoms with van der Waals surface area (Å²) in [6.45, 7) is 0. The summed E-state index contributed by atoms with van der Waals surface area (Å²) >= 11 is 1.35. The Morgan fingerprint density at radius 2 is 1.35 bits per heavy atom. The molecule has 0 amide bonds. The number of benzene rings is 3. The third-order valence-electron chi connectivity index (χ3n) is 5.64. The molecule has 148 valence electrons. The highest BCUT2D eigenvalue weighted by Crippen LogP contribution is 2.37. The summed E-state index contributed by atoms with van der Waals surface area (Å²) < 4.78 is 1.77. The lowest BCUT2D eigenvalue weighted by molar-refractivity contribution is 0.0974. The number of rotatable bonds is 2. The van der Waals surface area contributed by atoms with Crippen LogP contribution in [0.3, 0.4) is 0 Å². The second-order valence-electron chi connectivity index (χ2n) is 7.43. The standard InChI is InChI=1S/C26H17N3OS/c27-23-19-14-15-20(16-8-2-1-3-9-16)28-25(19)31-24(23)26(30)29-21-12-6-4-10-17(21)18-11-5-7-13-22(18)29/h1-15H,27H2.